The van der Waals surface area contributed by atoms with E-state index in [0.717, 1.165) is 0 Å². The standard InChI is InChI=1S/C3H6F2O2/c4-3(5)2(7)1-6/h2-3,6-7H,1H2/t2-/m1/s1. The van der Waals surface area contributed by atoms with E-state index < -0.39 is 19.1 Å². The van der Waals surface area contributed by atoms with Crippen LogP contribution in [0.4, 0.5) is 8.78 Å². The third-order valence-corrected chi connectivity index (χ3v) is 0.478. The molecule has 0 saturated heterocycles. The molecule has 0 saturated carbocycles. The molecule has 0 fully saturated rings. The molecule has 0 rings (SSSR count). The van der Waals surface area contributed by atoms with Crippen molar-refractivity contribution in [1.29, 1.82) is 0 Å². The molecular formula is C3H6F2O2. The highest BCUT2D eigenvalue weighted by Crippen LogP contribution is 1.97. The smallest absolute Gasteiger partial charge is 0.266 e. The summed E-state index contributed by atoms with van der Waals surface area (Å²) in [6.07, 6.45) is -4.70. The molecule has 0 aliphatic rings. The van der Waals surface area contributed by atoms with E-state index in [1.165, 1.54) is 0 Å². The number of halogens is 2. The average molecular weight is 112 g/mol. The van der Waals surface area contributed by atoms with Crippen molar-refractivity contribution >= 4 is 0 Å². The second-order valence-corrected chi connectivity index (χ2v) is 1.08. The molecular weight excluding hydrogens is 106 g/mol. The van der Waals surface area contributed by atoms with Crippen LogP contribution in [0.15, 0.2) is 0 Å². The molecule has 0 aromatic rings. The Morgan fingerprint density at radius 3 is 1.86 bits per heavy atom. The molecule has 0 aliphatic heterocycles. The van der Waals surface area contributed by atoms with Crippen molar-refractivity contribution < 1.29 is 19.0 Å². The molecule has 7 heavy (non-hydrogen) atoms. The largest absolute Gasteiger partial charge is 0.393 e. The fourth-order valence-electron chi connectivity index (χ4n) is 0.0797. The van der Waals surface area contributed by atoms with Gasteiger partial charge in [0.2, 0.25) is 0 Å². The molecule has 4 heteroatoms. The predicted octanol–water partition coefficient (Wildman–Crippen LogP) is -0.395. The molecule has 0 aliphatic carbocycles. The van der Waals surface area contributed by atoms with Gasteiger partial charge in [0.15, 0.2) is 0 Å². The average Bonchev–Trinajstić information content (AvgIpc) is 1.65. The molecule has 0 heterocycles. The van der Waals surface area contributed by atoms with E-state index in [-0.39, 0.29) is 0 Å². The van der Waals surface area contributed by atoms with Crippen LogP contribution in [-0.2, 0) is 0 Å². The maximum atomic E-state index is 11.0. The topological polar surface area (TPSA) is 40.5 Å². The fraction of sp³-hybridized carbons (Fsp3) is 1.00. The minimum Gasteiger partial charge on any atom is -0.393 e. The molecule has 0 aromatic heterocycles. The van der Waals surface area contributed by atoms with Crippen LogP contribution in [0.25, 0.3) is 0 Å². The second kappa shape index (κ2) is 2.87. The first kappa shape index (κ1) is 6.78. The summed E-state index contributed by atoms with van der Waals surface area (Å²) in [6.45, 7) is -0.877. The summed E-state index contributed by atoms with van der Waals surface area (Å²) < 4.78 is 22.0. The van der Waals surface area contributed by atoms with Crippen LogP contribution in [0.2, 0.25) is 0 Å². The van der Waals surface area contributed by atoms with Gasteiger partial charge >= 0.3 is 0 Å². The van der Waals surface area contributed by atoms with Gasteiger partial charge in [-0.15, -0.1) is 0 Å². The van der Waals surface area contributed by atoms with Crippen LogP contribution in [0, 0.1) is 0 Å². The minimum absolute atomic E-state index is 0.877. The number of aliphatic hydroxyl groups is 2. The van der Waals surface area contributed by atoms with Gasteiger partial charge in [-0.05, 0) is 0 Å². The number of alkyl halides is 2. The normalized spacial score (nSPS) is 15.0. The van der Waals surface area contributed by atoms with E-state index in [0.29, 0.717) is 0 Å². The molecule has 0 unspecified atom stereocenters. The molecule has 0 amide bonds. The second-order valence-electron chi connectivity index (χ2n) is 1.08. The van der Waals surface area contributed by atoms with Crippen LogP contribution in [0.3, 0.4) is 0 Å². The van der Waals surface area contributed by atoms with Gasteiger partial charge in [0.1, 0.15) is 6.10 Å². The van der Waals surface area contributed by atoms with Crippen molar-refractivity contribution in [2.24, 2.45) is 0 Å². The SMILES string of the molecule is OC[C@@H](O)C(F)F. The number of aliphatic hydroxyl groups excluding tert-OH is 2. The van der Waals surface area contributed by atoms with Gasteiger partial charge in [-0.25, -0.2) is 8.78 Å². The minimum atomic E-state index is -2.83. The zero-order valence-corrected chi connectivity index (χ0v) is 3.51. The van der Waals surface area contributed by atoms with E-state index in [9.17, 15) is 8.78 Å². The highest BCUT2D eigenvalue weighted by molar-refractivity contribution is 4.51. The van der Waals surface area contributed by atoms with Gasteiger partial charge in [0.25, 0.3) is 6.43 Å². The van der Waals surface area contributed by atoms with Crippen molar-refractivity contribution in [2.75, 3.05) is 6.61 Å². The number of hydrogen-bond acceptors (Lipinski definition) is 2. The zero-order valence-electron chi connectivity index (χ0n) is 3.51. The fourth-order valence-corrected chi connectivity index (χ4v) is 0.0797. The van der Waals surface area contributed by atoms with Crippen LogP contribution in [0.1, 0.15) is 0 Å². The maximum absolute atomic E-state index is 11.0. The van der Waals surface area contributed by atoms with Crippen molar-refractivity contribution in [1.82, 2.24) is 0 Å². The quantitative estimate of drug-likeness (QED) is 0.510. The third-order valence-electron chi connectivity index (χ3n) is 0.478. The first-order valence-corrected chi connectivity index (χ1v) is 1.75. The summed E-state index contributed by atoms with van der Waals surface area (Å²) in [5.74, 6) is 0. The van der Waals surface area contributed by atoms with Crippen LogP contribution in [-0.4, -0.2) is 29.3 Å². The first-order chi connectivity index (χ1) is 3.18. The van der Waals surface area contributed by atoms with Gasteiger partial charge in [-0.2, -0.15) is 0 Å². The van der Waals surface area contributed by atoms with Crippen molar-refractivity contribution in [3.8, 4) is 0 Å². The van der Waals surface area contributed by atoms with E-state index >= 15 is 0 Å². The lowest BCUT2D eigenvalue weighted by Gasteiger charge is -2.01. The highest BCUT2D eigenvalue weighted by Gasteiger charge is 2.13. The van der Waals surface area contributed by atoms with Gasteiger partial charge in [0, 0.05) is 0 Å². The Labute approximate surface area is 39.4 Å². The van der Waals surface area contributed by atoms with E-state index in [1.807, 2.05) is 0 Å². The summed E-state index contributed by atoms with van der Waals surface area (Å²) in [5.41, 5.74) is 0. The third kappa shape index (κ3) is 2.47. The Morgan fingerprint density at radius 1 is 1.43 bits per heavy atom. The van der Waals surface area contributed by atoms with Crippen molar-refractivity contribution in [3.63, 3.8) is 0 Å². The lowest BCUT2D eigenvalue weighted by Crippen LogP contribution is -2.21. The predicted molar refractivity (Wildman–Crippen MR) is 19.1 cm³/mol. The molecule has 0 radical (unpaired) electrons. The maximum Gasteiger partial charge on any atom is 0.266 e. The summed E-state index contributed by atoms with van der Waals surface area (Å²) >= 11 is 0. The molecule has 0 spiro atoms. The monoisotopic (exact) mass is 112 g/mol. The Morgan fingerprint density at radius 2 is 1.86 bits per heavy atom. The van der Waals surface area contributed by atoms with E-state index in [1.54, 1.807) is 0 Å². The summed E-state index contributed by atoms with van der Waals surface area (Å²) in [4.78, 5) is 0. The van der Waals surface area contributed by atoms with Crippen LogP contribution in [0.5, 0.6) is 0 Å². The van der Waals surface area contributed by atoms with Crippen molar-refractivity contribution in [3.05, 3.63) is 0 Å². The summed E-state index contributed by atoms with van der Waals surface area (Å²) in [7, 11) is 0. The molecule has 0 aromatic carbocycles. The Balaban J connectivity index is 3.14. The van der Waals surface area contributed by atoms with Gasteiger partial charge in [-0.1, -0.05) is 0 Å². The summed E-state index contributed by atoms with van der Waals surface area (Å²) in [6, 6.07) is 0. The lowest BCUT2D eigenvalue weighted by atomic mass is 10.4. The number of rotatable bonds is 2. The Bertz CT molecular complexity index is 48.2. The Kier molecular flexibility index (Phi) is 2.78. The van der Waals surface area contributed by atoms with Gasteiger partial charge in [-0.3, -0.25) is 0 Å². The molecule has 0 bridgehead atoms. The molecule has 2 nitrogen and oxygen atoms in total. The van der Waals surface area contributed by atoms with E-state index in [2.05, 4.69) is 0 Å². The lowest BCUT2D eigenvalue weighted by molar-refractivity contribution is -0.0339. The van der Waals surface area contributed by atoms with Crippen LogP contribution >= 0.6 is 0 Å². The highest BCUT2D eigenvalue weighted by atomic mass is 19.3. The summed E-state index contributed by atoms with van der Waals surface area (Å²) in [5, 5.41) is 15.7. The molecule has 2 N–H and O–H groups in total. The van der Waals surface area contributed by atoms with Crippen molar-refractivity contribution in [2.45, 2.75) is 12.5 Å². The Hall–Kier alpha value is -0.220. The molecule has 1 atom stereocenters. The first-order valence-electron chi connectivity index (χ1n) is 1.75. The zero-order chi connectivity index (χ0) is 5.86. The van der Waals surface area contributed by atoms with Gasteiger partial charge < -0.3 is 10.2 Å². The van der Waals surface area contributed by atoms with Gasteiger partial charge in [0.05, 0.1) is 6.61 Å². The van der Waals surface area contributed by atoms with E-state index in [4.69, 9.17) is 10.2 Å². The van der Waals surface area contributed by atoms with Crippen LogP contribution < -0.4 is 0 Å². The molecule has 44 valence electrons. The number of hydrogen-bond donors (Lipinski definition) is 2.